The van der Waals surface area contributed by atoms with Gasteiger partial charge in [-0.25, -0.2) is 4.79 Å². The number of thiophene rings is 1. The van der Waals surface area contributed by atoms with Crippen molar-refractivity contribution in [2.24, 2.45) is 0 Å². The maximum absolute atomic E-state index is 13.4. The summed E-state index contributed by atoms with van der Waals surface area (Å²) in [5.41, 5.74) is 1.26. The van der Waals surface area contributed by atoms with Crippen LogP contribution in [0.1, 0.15) is 34.6 Å². The fourth-order valence-electron chi connectivity index (χ4n) is 4.07. The van der Waals surface area contributed by atoms with E-state index in [4.69, 9.17) is 27.6 Å². The number of benzene rings is 1. The first-order chi connectivity index (χ1) is 14.5. The third kappa shape index (κ3) is 3.33. The summed E-state index contributed by atoms with van der Waals surface area (Å²) < 4.78 is 8.34. The van der Waals surface area contributed by atoms with Gasteiger partial charge in [-0.05, 0) is 61.1 Å². The molecule has 5 nitrogen and oxygen atoms in total. The fourth-order valence-corrected chi connectivity index (χ4v) is 5.91. The molecular weight excluding hydrogens is 443 g/mol. The van der Waals surface area contributed by atoms with Gasteiger partial charge in [0.2, 0.25) is 0 Å². The van der Waals surface area contributed by atoms with Gasteiger partial charge in [0.25, 0.3) is 5.56 Å². The molecule has 0 amide bonds. The second-order valence-corrected chi connectivity index (χ2v) is 9.39. The summed E-state index contributed by atoms with van der Waals surface area (Å²) in [5.74, 6) is 0.564. The molecule has 4 aromatic rings. The fraction of sp³-hybridized carbons (Fsp3) is 0.273. The van der Waals surface area contributed by atoms with Crippen LogP contribution >= 0.6 is 34.5 Å². The first kappa shape index (κ1) is 19.7. The molecule has 0 saturated carbocycles. The number of aryl methyl sites for hydroxylation is 2. The molecule has 3 aromatic heterocycles. The third-order valence-corrected chi connectivity index (χ3v) is 7.46. The zero-order valence-electron chi connectivity index (χ0n) is 16.0. The minimum absolute atomic E-state index is 0.0968. The molecule has 8 heteroatoms. The van der Waals surface area contributed by atoms with Crippen LogP contribution < -0.4 is 11.2 Å². The van der Waals surface area contributed by atoms with E-state index in [0.29, 0.717) is 21.2 Å². The van der Waals surface area contributed by atoms with Crippen molar-refractivity contribution in [2.45, 2.75) is 38.8 Å². The van der Waals surface area contributed by atoms with Gasteiger partial charge in [-0.15, -0.1) is 11.3 Å². The Hall–Kier alpha value is -2.28. The van der Waals surface area contributed by atoms with Crippen molar-refractivity contribution in [1.82, 2.24) is 9.13 Å². The number of hydrogen-bond donors (Lipinski definition) is 0. The molecule has 0 radical (unpaired) electrons. The summed E-state index contributed by atoms with van der Waals surface area (Å²) in [6.07, 6.45) is 5.51. The molecule has 1 aromatic carbocycles. The lowest BCUT2D eigenvalue weighted by molar-refractivity contribution is 0.479. The van der Waals surface area contributed by atoms with Crippen molar-refractivity contribution in [3.8, 4) is 0 Å². The van der Waals surface area contributed by atoms with Crippen LogP contribution in [0.2, 0.25) is 10.0 Å². The van der Waals surface area contributed by atoms with E-state index in [1.165, 1.54) is 15.7 Å². The molecule has 0 aliphatic heterocycles. The molecular formula is C22H18Cl2N2O3S. The SMILES string of the molecule is O=c1c2c3c(sc2n(Cc2ccc(Cl)cc2Cl)c(=O)n1Cc1ccco1)CCCC3. The topological polar surface area (TPSA) is 57.1 Å². The number of nitrogens with zero attached hydrogens (tertiary/aromatic N) is 2. The molecule has 0 spiro atoms. The molecule has 1 aliphatic rings. The van der Waals surface area contributed by atoms with Gasteiger partial charge in [0.1, 0.15) is 10.6 Å². The van der Waals surface area contributed by atoms with Crippen LogP contribution in [0.4, 0.5) is 0 Å². The molecule has 3 heterocycles. The van der Waals surface area contributed by atoms with Gasteiger partial charge in [-0.3, -0.25) is 13.9 Å². The smallest absolute Gasteiger partial charge is 0.332 e. The maximum Gasteiger partial charge on any atom is 0.332 e. The van der Waals surface area contributed by atoms with E-state index in [-0.39, 0.29) is 24.3 Å². The van der Waals surface area contributed by atoms with Crippen LogP contribution in [0.5, 0.6) is 0 Å². The molecule has 0 saturated heterocycles. The summed E-state index contributed by atoms with van der Waals surface area (Å²) in [6.45, 7) is 0.364. The molecule has 1 aliphatic carbocycles. The minimum Gasteiger partial charge on any atom is -0.467 e. The predicted molar refractivity (Wildman–Crippen MR) is 120 cm³/mol. The van der Waals surface area contributed by atoms with Crippen molar-refractivity contribution in [2.75, 3.05) is 0 Å². The summed E-state index contributed by atoms with van der Waals surface area (Å²) in [7, 11) is 0. The van der Waals surface area contributed by atoms with Crippen LogP contribution in [0, 0.1) is 0 Å². The lowest BCUT2D eigenvalue weighted by Gasteiger charge is -2.13. The maximum atomic E-state index is 13.4. The zero-order valence-corrected chi connectivity index (χ0v) is 18.3. The van der Waals surface area contributed by atoms with Gasteiger partial charge < -0.3 is 4.42 Å². The first-order valence-corrected chi connectivity index (χ1v) is 11.3. The molecule has 0 N–H and O–H groups in total. The Labute approximate surface area is 186 Å². The molecule has 154 valence electrons. The van der Waals surface area contributed by atoms with Gasteiger partial charge in [0.15, 0.2) is 0 Å². The van der Waals surface area contributed by atoms with Gasteiger partial charge in [-0.2, -0.15) is 0 Å². The molecule has 0 unspecified atom stereocenters. The average Bonchev–Trinajstić information content (AvgIpc) is 3.37. The summed E-state index contributed by atoms with van der Waals surface area (Å²) in [5, 5.41) is 1.69. The van der Waals surface area contributed by atoms with Crippen LogP contribution in [-0.4, -0.2) is 9.13 Å². The van der Waals surface area contributed by atoms with Crippen LogP contribution in [0.3, 0.4) is 0 Å². The monoisotopic (exact) mass is 460 g/mol. The van der Waals surface area contributed by atoms with Crippen LogP contribution in [0.25, 0.3) is 10.2 Å². The number of aromatic nitrogens is 2. The standard InChI is InChI=1S/C22H18Cl2N2O3S/c23-14-8-7-13(17(24)10-14)11-26-21-19(16-5-1-2-6-18(16)30-21)20(27)25(22(26)28)12-15-4-3-9-29-15/h3-4,7-10H,1-2,5-6,11-12H2. The Bertz CT molecular complexity index is 1370. The Balaban J connectivity index is 1.76. The number of halogens is 2. The van der Waals surface area contributed by atoms with Crippen molar-refractivity contribution >= 4 is 44.8 Å². The Morgan fingerprint density at radius 2 is 1.87 bits per heavy atom. The average molecular weight is 461 g/mol. The molecule has 30 heavy (non-hydrogen) atoms. The normalized spacial score (nSPS) is 13.7. The lowest BCUT2D eigenvalue weighted by Crippen LogP contribution is -2.40. The van der Waals surface area contributed by atoms with Gasteiger partial charge in [-0.1, -0.05) is 29.3 Å². The molecule has 0 fully saturated rings. The van der Waals surface area contributed by atoms with E-state index in [9.17, 15) is 9.59 Å². The quantitative estimate of drug-likeness (QED) is 0.425. The Morgan fingerprint density at radius 3 is 2.63 bits per heavy atom. The van der Waals surface area contributed by atoms with E-state index < -0.39 is 0 Å². The first-order valence-electron chi connectivity index (χ1n) is 9.77. The number of hydrogen-bond acceptors (Lipinski definition) is 4. The van der Waals surface area contributed by atoms with Gasteiger partial charge >= 0.3 is 5.69 Å². The lowest BCUT2D eigenvalue weighted by atomic mass is 9.97. The summed E-state index contributed by atoms with van der Waals surface area (Å²) in [6, 6.07) is 8.75. The van der Waals surface area contributed by atoms with Crippen LogP contribution in [-0.2, 0) is 25.9 Å². The van der Waals surface area contributed by atoms with E-state index >= 15 is 0 Å². The van der Waals surface area contributed by atoms with Crippen molar-refractivity contribution in [3.05, 3.63) is 89.2 Å². The van der Waals surface area contributed by atoms with Gasteiger partial charge in [0, 0.05) is 14.9 Å². The van der Waals surface area contributed by atoms with E-state index in [0.717, 1.165) is 41.6 Å². The highest BCUT2D eigenvalue weighted by Crippen LogP contribution is 2.34. The van der Waals surface area contributed by atoms with E-state index in [1.807, 2.05) is 6.07 Å². The number of furan rings is 1. The third-order valence-electron chi connectivity index (χ3n) is 5.56. The van der Waals surface area contributed by atoms with Crippen LogP contribution in [0.15, 0.2) is 50.6 Å². The predicted octanol–water partition coefficient (Wildman–Crippen LogP) is 5.10. The summed E-state index contributed by atoms with van der Waals surface area (Å²) in [4.78, 5) is 28.8. The number of fused-ring (bicyclic) bond motifs is 3. The van der Waals surface area contributed by atoms with E-state index in [2.05, 4.69) is 0 Å². The summed E-state index contributed by atoms with van der Waals surface area (Å²) >= 11 is 14.0. The highest BCUT2D eigenvalue weighted by atomic mass is 35.5. The zero-order chi connectivity index (χ0) is 20.8. The largest absolute Gasteiger partial charge is 0.467 e. The Kier molecular flexibility index (Phi) is 5.09. The highest BCUT2D eigenvalue weighted by molar-refractivity contribution is 7.18. The Morgan fingerprint density at radius 1 is 1.03 bits per heavy atom. The second-order valence-electron chi connectivity index (χ2n) is 7.47. The highest BCUT2D eigenvalue weighted by Gasteiger charge is 2.24. The minimum atomic E-state index is -0.367. The second kappa shape index (κ2) is 7.76. The van der Waals surface area contributed by atoms with Crippen molar-refractivity contribution in [3.63, 3.8) is 0 Å². The van der Waals surface area contributed by atoms with E-state index in [1.54, 1.807) is 40.2 Å². The van der Waals surface area contributed by atoms with Crippen molar-refractivity contribution in [1.29, 1.82) is 0 Å². The van der Waals surface area contributed by atoms with Crippen molar-refractivity contribution < 1.29 is 4.42 Å². The number of rotatable bonds is 4. The molecule has 5 rings (SSSR count). The van der Waals surface area contributed by atoms with Gasteiger partial charge in [0.05, 0.1) is 24.7 Å². The molecule has 0 bridgehead atoms. The molecule has 0 atom stereocenters.